The molecule has 2 atom stereocenters. The molecule has 0 bridgehead atoms. The van der Waals surface area contributed by atoms with Crippen LogP contribution in [0.1, 0.15) is 77.3 Å². The van der Waals surface area contributed by atoms with Gasteiger partial charge >= 0.3 is 11.7 Å². The molecule has 150 valence electrons. The number of rotatable bonds is 14. The quantitative estimate of drug-likeness (QED) is 0.376. The number of H-pyrrole nitrogens is 1. The first kappa shape index (κ1) is 22.3. The van der Waals surface area contributed by atoms with Crippen LogP contribution in [0.5, 0.6) is 5.88 Å². The van der Waals surface area contributed by atoms with Crippen molar-refractivity contribution in [1.82, 2.24) is 9.55 Å². The van der Waals surface area contributed by atoms with Crippen molar-refractivity contribution in [1.29, 1.82) is 0 Å². The van der Waals surface area contributed by atoms with Gasteiger partial charge < -0.3 is 15.3 Å². The van der Waals surface area contributed by atoms with Crippen molar-refractivity contribution in [2.45, 2.75) is 90.7 Å². The van der Waals surface area contributed by atoms with E-state index in [2.05, 4.69) is 11.9 Å². The highest BCUT2D eigenvalue weighted by Gasteiger charge is 2.17. The summed E-state index contributed by atoms with van der Waals surface area (Å²) in [6.45, 7) is 4.52. The van der Waals surface area contributed by atoms with Crippen LogP contribution in [0.3, 0.4) is 0 Å². The number of unbranched alkanes of at least 4 members (excludes halogenated alkanes) is 4. The van der Waals surface area contributed by atoms with Gasteiger partial charge in [0.2, 0.25) is 5.88 Å². The fourth-order valence-corrected chi connectivity index (χ4v) is 3.17. The van der Waals surface area contributed by atoms with Crippen LogP contribution < -0.4 is 5.69 Å². The van der Waals surface area contributed by atoms with Gasteiger partial charge in [0.1, 0.15) is 0 Å². The average Bonchev–Trinajstić information content (AvgIpc) is 2.86. The van der Waals surface area contributed by atoms with Gasteiger partial charge in [0, 0.05) is 13.0 Å². The molecule has 1 aromatic rings. The van der Waals surface area contributed by atoms with Crippen LogP contribution in [0.4, 0.5) is 0 Å². The van der Waals surface area contributed by atoms with Gasteiger partial charge in [-0.15, -0.1) is 0 Å². The lowest BCUT2D eigenvalue weighted by atomic mass is 9.96. The van der Waals surface area contributed by atoms with E-state index in [1.807, 2.05) is 6.92 Å². The van der Waals surface area contributed by atoms with Gasteiger partial charge in [-0.25, -0.2) is 4.79 Å². The van der Waals surface area contributed by atoms with Gasteiger partial charge in [-0.2, -0.15) is 0 Å². The van der Waals surface area contributed by atoms with Crippen LogP contribution in [0.15, 0.2) is 4.79 Å². The Morgan fingerprint density at radius 2 is 1.85 bits per heavy atom. The van der Waals surface area contributed by atoms with E-state index in [4.69, 9.17) is 5.11 Å². The first-order chi connectivity index (χ1) is 12.4. The molecule has 0 saturated heterocycles. The van der Waals surface area contributed by atoms with E-state index in [9.17, 15) is 19.8 Å². The summed E-state index contributed by atoms with van der Waals surface area (Å²) in [7, 11) is 0. The Morgan fingerprint density at radius 3 is 2.50 bits per heavy atom. The number of nitrogens with zero attached hydrogens (tertiary/aromatic N) is 1. The first-order valence-corrected chi connectivity index (χ1v) is 9.77. The molecular formula is C19H34N2O5. The summed E-state index contributed by atoms with van der Waals surface area (Å²) in [6.07, 6.45) is 6.97. The fourth-order valence-electron chi connectivity index (χ4n) is 3.17. The van der Waals surface area contributed by atoms with Gasteiger partial charge in [0.05, 0.1) is 11.8 Å². The van der Waals surface area contributed by atoms with Crippen molar-refractivity contribution < 1.29 is 20.1 Å². The number of carboxylic acid groups (broad SMARTS) is 1. The van der Waals surface area contributed by atoms with Crippen LogP contribution in [0.25, 0.3) is 0 Å². The Bertz CT molecular complexity index is 593. The Morgan fingerprint density at radius 1 is 1.15 bits per heavy atom. The van der Waals surface area contributed by atoms with Gasteiger partial charge in [0.15, 0.2) is 0 Å². The second-order valence-corrected chi connectivity index (χ2v) is 7.16. The third-order valence-corrected chi connectivity index (χ3v) is 4.94. The van der Waals surface area contributed by atoms with Crippen molar-refractivity contribution in [3.8, 4) is 5.88 Å². The molecule has 0 fully saturated rings. The van der Waals surface area contributed by atoms with Gasteiger partial charge in [-0.1, -0.05) is 39.5 Å². The predicted molar refractivity (Wildman–Crippen MR) is 100 cm³/mol. The number of aromatic hydroxyl groups is 1. The minimum Gasteiger partial charge on any atom is -0.493 e. The zero-order valence-corrected chi connectivity index (χ0v) is 16.0. The molecule has 0 aliphatic rings. The largest absolute Gasteiger partial charge is 0.493 e. The fraction of sp³-hybridized carbons (Fsp3) is 0.789. The van der Waals surface area contributed by atoms with Gasteiger partial charge in [-0.3, -0.25) is 14.3 Å². The highest BCUT2D eigenvalue weighted by molar-refractivity contribution is 5.66. The highest BCUT2D eigenvalue weighted by Crippen LogP contribution is 2.19. The van der Waals surface area contributed by atoms with Crippen molar-refractivity contribution in [3.05, 3.63) is 16.2 Å². The summed E-state index contributed by atoms with van der Waals surface area (Å²) in [6, 6.07) is 0. The Hall–Kier alpha value is -1.76. The number of nitrogens with one attached hydrogen (secondary N) is 1. The number of hydrogen-bond donors (Lipinski definition) is 4. The molecule has 2 unspecified atom stereocenters. The molecule has 1 aromatic heterocycles. The van der Waals surface area contributed by atoms with Gasteiger partial charge in [-0.05, 0) is 38.0 Å². The molecule has 1 rings (SSSR count). The van der Waals surface area contributed by atoms with Crippen LogP contribution in [-0.4, -0.2) is 36.9 Å². The normalized spacial score (nSPS) is 13.7. The average molecular weight is 370 g/mol. The van der Waals surface area contributed by atoms with E-state index in [1.54, 1.807) is 0 Å². The van der Waals surface area contributed by atoms with Crippen LogP contribution in [0, 0.1) is 5.92 Å². The molecule has 0 saturated carbocycles. The Kier molecular flexibility index (Phi) is 10.1. The number of carboxylic acids is 1. The maximum atomic E-state index is 12.0. The number of aromatic amines is 1. The van der Waals surface area contributed by atoms with Crippen LogP contribution in [-0.2, 0) is 17.8 Å². The Labute approximate surface area is 155 Å². The third kappa shape index (κ3) is 7.64. The molecule has 7 nitrogen and oxygen atoms in total. The van der Waals surface area contributed by atoms with E-state index in [-0.39, 0.29) is 23.9 Å². The Balaban J connectivity index is 2.50. The predicted octanol–water partition coefficient (Wildman–Crippen LogP) is 3.04. The smallest absolute Gasteiger partial charge is 0.328 e. The highest BCUT2D eigenvalue weighted by atomic mass is 16.4. The van der Waals surface area contributed by atoms with E-state index in [0.29, 0.717) is 31.5 Å². The molecule has 26 heavy (non-hydrogen) atoms. The second kappa shape index (κ2) is 11.8. The second-order valence-electron chi connectivity index (χ2n) is 7.16. The minimum absolute atomic E-state index is 0.103. The SMILES string of the molecule is CCCCC(C)C(O)CCn1c(CCCCCCC(=O)O)c(O)[nH]c1=O. The van der Waals surface area contributed by atoms with E-state index >= 15 is 0 Å². The van der Waals surface area contributed by atoms with Crippen molar-refractivity contribution in [3.63, 3.8) is 0 Å². The van der Waals surface area contributed by atoms with Crippen molar-refractivity contribution in [2.75, 3.05) is 0 Å². The maximum absolute atomic E-state index is 12.0. The third-order valence-electron chi connectivity index (χ3n) is 4.94. The van der Waals surface area contributed by atoms with Crippen LogP contribution >= 0.6 is 0 Å². The zero-order valence-electron chi connectivity index (χ0n) is 16.0. The number of imidazole rings is 1. The maximum Gasteiger partial charge on any atom is 0.328 e. The number of aliphatic hydroxyl groups excluding tert-OH is 1. The molecule has 0 aromatic carbocycles. The van der Waals surface area contributed by atoms with E-state index < -0.39 is 12.1 Å². The standard InChI is InChI=1S/C19H34N2O5/c1-3-4-9-14(2)16(22)12-13-21-15(18(25)20-19(21)26)10-7-5-6-8-11-17(23)24/h14,16,22,25H,3-13H2,1-2H3,(H,20,26)(H,23,24). The monoisotopic (exact) mass is 370 g/mol. The molecule has 0 amide bonds. The molecular weight excluding hydrogens is 336 g/mol. The lowest BCUT2D eigenvalue weighted by Crippen LogP contribution is -2.25. The number of hydrogen-bond acceptors (Lipinski definition) is 4. The van der Waals surface area contributed by atoms with Crippen LogP contribution in [0.2, 0.25) is 0 Å². The van der Waals surface area contributed by atoms with Crippen molar-refractivity contribution in [2.24, 2.45) is 5.92 Å². The molecule has 0 radical (unpaired) electrons. The minimum atomic E-state index is -0.783. The lowest BCUT2D eigenvalue weighted by Gasteiger charge is -2.19. The van der Waals surface area contributed by atoms with E-state index in [1.165, 1.54) is 4.57 Å². The van der Waals surface area contributed by atoms with Crippen molar-refractivity contribution >= 4 is 5.97 Å². The molecule has 0 aliphatic carbocycles. The summed E-state index contributed by atoms with van der Waals surface area (Å²) in [5.74, 6) is -0.696. The molecule has 7 heteroatoms. The summed E-state index contributed by atoms with van der Waals surface area (Å²) >= 11 is 0. The molecule has 0 spiro atoms. The van der Waals surface area contributed by atoms with Gasteiger partial charge in [0.25, 0.3) is 0 Å². The first-order valence-electron chi connectivity index (χ1n) is 9.77. The summed E-state index contributed by atoms with van der Waals surface area (Å²) < 4.78 is 1.52. The number of aliphatic hydroxyl groups is 1. The summed E-state index contributed by atoms with van der Waals surface area (Å²) in [4.78, 5) is 24.9. The summed E-state index contributed by atoms with van der Waals surface area (Å²) in [5, 5.41) is 28.9. The number of carbonyl (C=O) groups is 1. The number of aliphatic carboxylic acids is 1. The molecule has 1 heterocycles. The lowest BCUT2D eigenvalue weighted by molar-refractivity contribution is -0.137. The molecule has 4 N–H and O–H groups in total. The number of aromatic nitrogens is 2. The topological polar surface area (TPSA) is 116 Å². The molecule has 0 aliphatic heterocycles. The zero-order chi connectivity index (χ0) is 19.5. The summed E-state index contributed by atoms with van der Waals surface area (Å²) in [5.41, 5.74) is 0.221. The van der Waals surface area contributed by atoms with E-state index in [0.717, 1.165) is 38.5 Å².